The summed E-state index contributed by atoms with van der Waals surface area (Å²) in [6.45, 7) is 10.4. The third kappa shape index (κ3) is 4.35. The predicted molar refractivity (Wildman–Crippen MR) is 72.2 cm³/mol. The molecule has 0 aromatic heterocycles. The molecule has 5 heteroatoms. The van der Waals surface area contributed by atoms with Crippen LogP contribution in [0, 0.1) is 5.41 Å². The van der Waals surface area contributed by atoms with Gasteiger partial charge in [-0.05, 0) is 18.3 Å². The second kappa shape index (κ2) is 5.60. The number of halogens is 3. The molecule has 1 saturated heterocycles. The molecule has 0 saturated carbocycles. The monoisotopic (exact) mass is 280 g/mol. The van der Waals surface area contributed by atoms with E-state index in [9.17, 15) is 13.2 Å². The summed E-state index contributed by atoms with van der Waals surface area (Å²) in [6.07, 6.45) is -2.42. The van der Waals surface area contributed by atoms with Crippen molar-refractivity contribution in [2.75, 3.05) is 19.6 Å². The van der Waals surface area contributed by atoms with Gasteiger partial charge in [0, 0.05) is 24.7 Å². The maximum Gasteiger partial charge on any atom is 0.401 e. The molecule has 1 aliphatic heterocycles. The minimum absolute atomic E-state index is 0.0830. The zero-order valence-corrected chi connectivity index (χ0v) is 12.7. The van der Waals surface area contributed by atoms with Crippen molar-refractivity contribution >= 4 is 0 Å². The Morgan fingerprint density at radius 2 is 1.68 bits per heavy atom. The number of hydrogen-bond donors (Lipinski definition) is 1. The molecule has 1 aliphatic rings. The molecule has 0 spiro atoms. The van der Waals surface area contributed by atoms with E-state index in [4.69, 9.17) is 0 Å². The fourth-order valence-electron chi connectivity index (χ4n) is 2.97. The quantitative estimate of drug-likeness (QED) is 0.852. The van der Waals surface area contributed by atoms with Crippen molar-refractivity contribution in [3.8, 4) is 0 Å². The van der Waals surface area contributed by atoms with Gasteiger partial charge in [-0.15, -0.1) is 0 Å². The molecule has 2 nitrogen and oxygen atoms in total. The Labute approximate surface area is 114 Å². The van der Waals surface area contributed by atoms with Crippen molar-refractivity contribution < 1.29 is 13.2 Å². The van der Waals surface area contributed by atoms with Crippen LogP contribution in [0.25, 0.3) is 0 Å². The van der Waals surface area contributed by atoms with Gasteiger partial charge in [-0.2, -0.15) is 13.2 Å². The van der Waals surface area contributed by atoms with Gasteiger partial charge in [-0.25, -0.2) is 0 Å². The van der Waals surface area contributed by atoms with Gasteiger partial charge in [0.1, 0.15) is 0 Å². The van der Waals surface area contributed by atoms with Crippen molar-refractivity contribution in [3.63, 3.8) is 0 Å². The van der Waals surface area contributed by atoms with Gasteiger partial charge in [-0.1, -0.05) is 34.6 Å². The molecule has 1 fully saturated rings. The summed E-state index contributed by atoms with van der Waals surface area (Å²) in [5.41, 5.74) is -0.334. The molecule has 1 rings (SSSR count). The maximum atomic E-state index is 12.8. The van der Waals surface area contributed by atoms with Crippen LogP contribution < -0.4 is 5.32 Å². The number of nitrogens with one attached hydrogen (secondary N) is 1. The fourth-order valence-corrected chi connectivity index (χ4v) is 2.97. The van der Waals surface area contributed by atoms with Crippen molar-refractivity contribution in [2.45, 2.75) is 65.2 Å². The first kappa shape index (κ1) is 16.8. The summed E-state index contributed by atoms with van der Waals surface area (Å²) in [6, 6.07) is -0.0830. The highest BCUT2D eigenvalue weighted by molar-refractivity contribution is 5.00. The third-order valence-corrected chi connectivity index (χ3v) is 4.35. The Morgan fingerprint density at radius 1 is 1.16 bits per heavy atom. The summed E-state index contributed by atoms with van der Waals surface area (Å²) in [7, 11) is 0. The molecule has 0 bridgehead atoms. The summed E-state index contributed by atoms with van der Waals surface area (Å²) in [5.74, 6) is 0. The molecular weight excluding hydrogens is 253 g/mol. The topological polar surface area (TPSA) is 15.3 Å². The van der Waals surface area contributed by atoms with Gasteiger partial charge in [0.2, 0.25) is 0 Å². The summed E-state index contributed by atoms with van der Waals surface area (Å²) in [5, 5.41) is 3.50. The minimum atomic E-state index is -4.13. The maximum absolute atomic E-state index is 12.8. The van der Waals surface area contributed by atoms with Gasteiger partial charge in [0.25, 0.3) is 0 Å². The molecule has 0 radical (unpaired) electrons. The Hall–Kier alpha value is -0.290. The summed E-state index contributed by atoms with van der Waals surface area (Å²) in [4.78, 5) is 1.63. The zero-order valence-electron chi connectivity index (χ0n) is 12.7. The van der Waals surface area contributed by atoms with Crippen LogP contribution in [0.15, 0.2) is 0 Å². The molecule has 0 amide bonds. The third-order valence-electron chi connectivity index (χ3n) is 4.35. The molecule has 0 aromatic carbocycles. The molecule has 1 N–H and O–H groups in total. The highest BCUT2D eigenvalue weighted by Crippen LogP contribution is 2.33. The molecule has 1 heterocycles. The molecule has 0 aromatic rings. The standard InChI is InChI=1S/C14H27F3N2/c1-6-13(7-2)9-19(10-14(15,16)17)11(8-18-13)12(3,4)5/h11,18H,6-10H2,1-5H3. The van der Waals surface area contributed by atoms with Crippen LogP contribution in [-0.4, -0.2) is 42.3 Å². The first-order chi connectivity index (χ1) is 8.53. The highest BCUT2D eigenvalue weighted by atomic mass is 19.4. The van der Waals surface area contributed by atoms with Gasteiger partial charge in [-0.3, -0.25) is 4.90 Å². The van der Waals surface area contributed by atoms with Crippen molar-refractivity contribution in [3.05, 3.63) is 0 Å². The lowest BCUT2D eigenvalue weighted by Crippen LogP contribution is -2.67. The average Bonchev–Trinajstić information content (AvgIpc) is 2.25. The van der Waals surface area contributed by atoms with Crippen LogP contribution in [0.2, 0.25) is 0 Å². The Morgan fingerprint density at radius 3 is 2.05 bits per heavy atom. The Kier molecular flexibility index (Phi) is 4.94. The number of hydrogen-bond acceptors (Lipinski definition) is 2. The van der Waals surface area contributed by atoms with Crippen LogP contribution in [0.4, 0.5) is 13.2 Å². The molecule has 1 unspecified atom stereocenters. The van der Waals surface area contributed by atoms with E-state index in [1.54, 1.807) is 4.90 Å². The van der Waals surface area contributed by atoms with E-state index in [2.05, 4.69) is 5.32 Å². The number of rotatable bonds is 3. The van der Waals surface area contributed by atoms with Gasteiger partial charge >= 0.3 is 6.18 Å². The number of piperazine rings is 1. The largest absolute Gasteiger partial charge is 0.401 e. The average molecular weight is 280 g/mol. The lowest BCUT2D eigenvalue weighted by atomic mass is 9.80. The van der Waals surface area contributed by atoms with Crippen LogP contribution in [0.3, 0.4) is 0 Å². The lowest BCUT2D eigenvalue weighted by molar-refractivity contribution is -0.163. The van der Waals surface area contributed by atoms with E-state index in [1.165, 1.54) is 0 Å². The smallest absolute Gasteiger partial charge is 0.308 e. The Bertz CT molecular complexity index is 290. The molecule has 19 heavy (non-hydrogen) atoms. The van der Waals surface area contributed by atoms with Gasteiger partial charge in [0.15, 0.2) is 0 Å². The highest BCUT2D eigenvalue weighted by Gasteiger charge is 2.44. The lowest BCUT2D eigenvalue weighted by Gasteiger charge is -2.51. The van der Waals surface area contributed by atoms with E-state index in [1.807, 2.05) is 34.6 Å². The van der Waals surface area contributed by atoms with Crippen LogP contribution in [-0.2, 0) is 0 Å². The van der Waals surface area contributed by atoms with Crippen molar-refractivity contribution in [1.29, 1.82) is 0 Å². The number of nitrogens with zero attached hydrogens (tertiary/aromatic N) is 1. The predicted octanol–water partition coefficient (Wildman–Crippen LogP) is 3.43. The second-order valence-corrected chi connectivity index (χ2v) is 6.77. The Balaban J connectivity index is 2.92. The fraction of sp³-hybridized carbons (Fsp3) is 1.00. The van der Waals surface area contributed by atoms with Crippen molar-refractivity contribution in [2.24, 2.45) is 5.41 Å². The van der Waals surface area contributed by atoms with Crippen LogP contribution in [0.5, 0.6) is 0 Å². The first-order valence-electron chi connectivity index (χ1n) is 7.09. The van der Waals surface area contributed by atoms with Crippen LogP contribution >= 0.6 is 0 Å². The number of alkyl halides is 3. The first-order valence-corrected chi connectivity index (χ1v) is 7.09. The molecule has 1 atom stereocenters. The summed E-state index contributed by atoms with van der Waals surface area (Å²) < 4.78 is 38.4. The zero-order chi connectivity index (χ0) is 14.9. The molecular formula is C14H27F3N2. The summed E-state index contributed by atoms with van der Waals surface area (Å²) >= 11 is 0. The molecule has 114 valence electrons. The SMILES string of the molecule is CCC1(CC)CN(CC(F)(F)F)C(C(C)(C)C)CN1. The van der Waals surface area contributed by atoms with E-state index >= 15 is 0 Å². The molecule has 0 aliphatic carbocycles. The second-order valence-electron chi connectivity index (χ2n) is 6.77. The van der Waals surface area contributed by atoms with Crippen molar-refractivity contribution in [1.82, 2.24) is 10.2 Å². The van der Waals surface area contributed by atoms with Crippen LogP contribution in [0.1, 0.15) is 47.5 Å². The van der Waals surface area contributed by atoms with E-state index in [-0.39, 0.29) is 17.0 Å². The van der Waals surface area contributed by atoms with Gasteiger partial charge < -0.3 is 5.32 Å². The minimum Gasteiger partial charge on any atom is -0.308 e. The van der Waals surface area contributed by atoms with Gasteiger partial charge in [0.05, 0.1) is 6.54 Å². The van der Waals surface area contributed by atoms with E-state index < -0.39 is 12.7 Å². The van der Waals surface area contributed by atoms with E-state index in [0.717, 1.165) is 12.8 Å². The van der Waals surface area contributed by atoms with E-state index in [0.29, 0.717) is 13.1 Å². The normalized spacial score (nSPS) is 25.6.